The van der Waals surface area contributed by atoms with E-state index in [1.807, 2.05) is 19.1 Å². The van der Waals surface area contributed by atoms with Gasteiger partial charge in [0.05, 0.1) is 17.2 Å². The number of aromatic nitrogens is 2. The summed E-state index contributed by atoms with van der Waals surface area (Å²) in [4.78, 5) is 21.0. The van der Waals surface area contributed by atoms with Gasteiger partial charge in [-0.3, -0.25) is 4.79 Å². The van der Waals surface area contributed by atoms with Gasteiger partial charge in [0.25, 0.3) is 5.56 Å². The Morgan fingerprint density at radius 2 is 2.29 bits per heavy atom. The average molecular weight is 315 g/mol. The number of nitrogens with zero attached hydrogens (tertiary/aromatic N) is 1. The molecule has 0 radical (unpaired) electrons. The quantitative estimate of drug-likeness (QED) is 0.947. The second-order valence-electron chi connectivity index (χ2n) is 3.52. The molecule has 2 rings (SSSR count). The minimum Gasteiger partial charge on any atom is -0.378 e. The van der Waals surface area contributed by atoms with Crippen LogP contribution in [0, 0.1) is 6.92 Å². The summed E-state index contributed by atoms with van der Waals surface area (Å²) >= 11 is 4.80. The number of methoxy groups -OCH3 is 1. The van der Waals surface area contributed by atoms with Crippen molar-refractivity contribution >= 4 is 27.3 Å². The molecule has 1 N–H and O–H groups in total. The first-order valence-corrected chi connectivity index (χ1v) is 6.57. The van der Waals surface area contributed by atoms with Gasteiger partial charge in [-0.1, -0.05) is 0 Å². The monoisotopic (exact) mass is 314 g/mol. The molecule has 2 aromatic rings. The number of halogens is 1. The van der Waals surface area contributed by atoms with E-state index in [0.29, 0.717) is 22.6 Å². The molecule has 0 saturated heterocycles. The maximum Gasteiger partial charge on any atom is 0.265 e. The second kappa shape index (κ2) is 5.12. The number of aromatic amines is 1. The highest BCUT2D eigenvalue weighted by Gasteiger charge is 2.11. The maximum atomic E-state index is 11.7. The lowest BCUT2D eigenvalue weighted by atomic mass is 10.3. The van der Waals surface area contributed by atoms with Crippen LogP contribution in [0.4, 0.5) is 0 Å². The van der Waals surface area contributed by atoms with Gasteiger partial charge in [-0.15, -0.1) is 11.3 Å². The van der Waals surface area contributed by atoms with Crippen LogP contribution in [-0.4, -0.2) is 17.1 Å². The van der Waals surface area contributed by atoms with E-state index in [4.69, 9.17) is 4.74 Å². The van der Waals surface area contributed by atoms with Crippen molar-refractivity contribution in [2.24, 2.45) is 0 Å². The third-order valence-corrected chi connectivity index (χ3v) is 4.01. The number of H-pyrrole nitrogens is 1. The number of hydrogen-bond donors (Lipinski definition) is 1. The Balaban J connectivity index is 2.52. The Hall–Kier alpha value is -0.980. The largest absolute Gasteiger partial charge is 0.378 e. The summed E-state index contributed by atoms with van der Waals surface area (Å²) in [5.41, 5.74) is 0.422. The van der Waals surface area contributed by atoms with Crippen LogP contribution >= 0.6 is 27.3 Å². The Morgan fingerprint density at radius 1 is 1.53 bits per heavy atom. The van der Waals surface area contributed by atoms with Gasteiger partial charge in [0, 0.05) is 12.0 Å². The van der Waals surface area contributed by atoms with Crippen LogP contribution in [-0.2, 0) is 11.3 Å². The number of rotatable bonds is 3. The molecule has 0 aliphatic rings. The smallest absolute Gasteiger partial charge is 0.265 e. The minimum atomic E-state index is -0.187. The van der Waals surface area contributed by atoms with Crippen molar-refractivity contribution in [1.82, 2.24) is 9.97 Å². The maximum absolute atomic E-state index is 11.7. The third-order valence-electron chi connectivity index (χ3n) is 2.19. The van der Waals surface area contributed by atoms with Gasteiger partial charge in [0.15, 0.2) is 5.82 Å². The van der Waals surface area contributed by atoms with E-state index in [2.05, 4.69) is 25.9 Å². The molecule has 0 unspecified atom stereocenters. The predicted octanol–water partition coefficient (Wildman–Crippen LogP) is 2.72. The van der Waals surface area contributed by atoms with Gasteiger partial charge in [0.2, 0.25) is 0 Å². The standard InChI is InChI=1S/C11H11BrN2O2S/c1-6-3-4-8(17-6)10-13-7(5-16-2)9(12)11(15)14-10/h3-4H,5H2,1-2H3,(H,13,14,15). The predicted molar refractivity (Wildman–Crippen MR) is 71.3 cm³/mol. The van der Waals surface area contributed by atoms with Crippen molar-refractivity contribution in [3.8, 4) is 10.7 Å². The zero-order chi connectivity index (χ0) is 12.4. The van der Waals surface area contributed by atoms with E-state index in [0.717, 1.165) is 4.88 Å². The third kappa shape index (κ3) is 2.65. The van der Waals surface area contributed by atoms with E-state index < -0.39 is 0 Å². The zero-order valence-electron chi connectivity index (χ0n) is 9.41. The Morgan fingerprint density at radius 3 is 2.88 bits per heavy atom. The number of ether oxygens (including phenoxy) is 1. The summed E-state index contributed by atoms with van der Waals surface area (Å²) in [6.45, 7) is 2.32. The molecule has 17 heavy (non-hydrogen) atoms. The molecule has 0 amide bonds. The molecule has 0 atom stereocenters. The first-order valence-electron chi connectivity index (χ1n) is 4.96. The van der Waals surface area contributed by atoms with E-state index >= 15 is 0 Å². The van der Waals surface area contributed by atoms with Crippen molar-refractivity contribution in [2.75, 3.05) is 7.11 Å². The topological polar surface area (TPSA) is 55.0 Å². The zero-order valence-corrected chi connectivity index (χ0v) is 11.8. The molecule has 0 aliphatic heterocycles. The Kier molecular flexibility index (Phi) is 3.76. The van der Waals surface area contributed by atoms with E-state index in [1.165, 1.54) is 4.88 Å². The highest BCUT2D eigenvalue weighted by molar-refractivity contribution is 9.10. The summed E-state index contributed by atoms with van der Waals surface area (Å²) < 4.78 is 5.45. The van der Waals surface area contributed by atoms with Gasteiger partial charge in [-0.05, 0) is 35.0 Å². The number of hydrogen-bond acceptors (Lipinski definition) is 4. The molecule has 0 aromatic carbocycles. The number of thiophene rings is 1. The molecule has 0 aliphatic carbocycles. The summed E-state index contributed by atoms with van der Waals surface area (Å²) in [6.07, 6.45) is 0. The van der Waals surface area contributed by atoms with E-state index in [-0.39, 0.29) is 5.56 Å². The van der Waals surface area contributed by atoms with Gasteiger partial charge in [-0.2, -0.15) is 0 Å². The van der Waals surface area contributed by atoms with Crippen LogP contribution in [0.2, 0.25) is 0 Å². The second-order valence-corrected chi connectivity index (χ2v) is 5.60. The molecule has 2 aromatic heterocycles. The van der Waals surface area contributed by atoms with Crippen molar-refractivity contribution < 1.29 is 4.74 Å². The first kappa shape index (κ1) is 12.5. The van der Waals surface area contributed by atoms with Crippen LogP contribution in [0.15, 0.2) is 21.4 Å². The Labute approximate surface area is 111 Å². The lowest BCUT2D eigenvalue weighted by Gasteiger charge is -2.04. The molecule has 2 heterocycles. The summed E-state index contributed by atoms with van der Waals surface area (Å²) in [5, 5.41) is 0. The van der Waals surface area contributed by atoms with Crippen molar-refractivity contribution in [1.29, 1.82) is 0 Å². The molecular weight excluding hydrogens is 304 g/mol. The van der Waals surface area contributed by atoms with Crippen molar-refractivity contribution in [3.05, 3.63) is 37.5 Å². The van der Waals surface area contributed by atoms with Crippen LogP contribution in [0.25, 0.3) is 10.7 Å². The van der Waals surface area contributed by atoms with Gasteiger partial charge < -0.3 is 9.72 Å². The lowest BCUT2D eigenvalue weighted by molar-refractivity contribution is 0.180. The minimum absolute atomic E-state index is 0.187. The molecule has 4 nitrogen and oxygen atoms in total. The van der Waals surface area contributed by atoms with Crippen LogP contribution in [0.3, 0.4) is 0 Å². The van der Waals surface area contributed by atoms with Gasteiger partial charge >= 0.3 is 0 Å². The van der Waals surface area contributed by atoms with E-state index in [1.54, 1.807) is 18.4 Å². The van der Waals surface area contributed by atoms with Gasteiger partial charge in [0.1, 0.15) is 4.47 Å². The van der Waals surface area contributed by atoms with E-state index in [9.17, 15) is 4.79 Å². The fraction of sp³-hybridized carbons (Fsp3) is 0.273. The van der Waals surface area contributed by atoms with Crippen molar-refractivity contribution in [3.63, 3.8) is 0 Å². The highest BCUT2D eigenvalue weighted by atomic mass is 79.9. The summed E-state index contributed by atoms with van der Waals surface area (Å²) in [6, 6.07) is 3.95. The lowest BCUT2D eigenvalue weighted by Crippen LogP contribution is -2.13. The summed E-state index contributed by atoms with van der Waals surface area (Å²) in [7, 11) is 1.57. The Bertz CT molecular complexity index is 591. The van der Waals surface area contributed by atoms with Crippen LogP contribution < -0.4 is 5.56 Å². The molecule has 0 saturated carbocycles. The molecule has 90 valence electrons. The highest BCUT2D eigenvalue weighted by Crippen LogP contribution is 2.25. The fourth-order valence-corrected chi connectivity index (χ4v) is 2.53. The molecule has 0 spiro atoms. The fourth-order valence-electron chi connectivity index (χ4n) is 1.42. The van der Waals surface area contributed by atoms with Crippen LogP contribution in [0.5, 0.6) is 0 Å². The summed E-state index contributed by atoms with van der Waals surface area (Å²) in [5.74, 6) is 0.586. The molecule has 0 fully saturated rings. The van der Waals surface area contributed by atoms with Crippen molar-refractivity contribution in [2.45, 2.75) is 13.5 Å². The van der Waals surface area contributed by atoms with Crippen LogP contribution in [0.1, 0.15) is 10.6 Å². The molecule has 6 heteroatoms. The number of nitrogens with one attached hydrogen (secondary N) is 1. The first-order chi connectivity index (χ1) is 8.11. The number of aryl methyl sites for hydroxylation is 1. The van der Waals surface area contributed by atoms with Gasteiger partial charge in [-0.25, -0.2) is 4.98 Å². The SMILES string of the molecule is COCc1nc(-c2ccc(C)s2)[nH]c(=O)c1Br. The normalized spacial score (nSPS) is 10.8. The molecular formula is C11H11BrN2O2S. The molecule has 0 bridgehead atoms. The average Bonchev–Trinajstić information content (AvgIpc) is 2.71.